The Hall–Kier alpha value is -2.51. The lowest BCUT2D eigenvalue weighted by atomic mass is 10.0. The van der Waals surface area contributed by atoms with Crippen molar-refractivity contribution in [2.24, 2.45) is 0 Å². The van der Waals surface area contributed by atoms with E-state index >= 15 is 0 Å². The van der Waals surface area contributed by atoms with Crippen molar-refractivity contribution in [3.8, 4) is 0 Å². The lowest BCUT2D eigenvalue weighted by Crippen LogP contribution is -2.48. The van der Waals surface area contributed by atoms with E-state index in [0.717, 1.165) is 16.0 Å². The summed E-state index contributed by atoms with van der Waals surface area (Å²) < 4.78 is 5.11. The van der Waals surface area contributed by atoms with Crippen LogP contribution in [0.1, 0.15) is 11.1 Å². The molecule has 7 heteroatoms. The molecule has 26 heavy (non-hydrogen) atoms. The second-order valence-corrected chi connectivity index (χ2v) is 6.53. The van der Waals surface area contributed by atoms with Crippen LogP contribution in [0.25, 0.3) is 0 Å². The molecule has 0 saturated heterocycles. The fraction of sp³-hybridized carbons (Fsp3) is 0.263. The van der Waals surface area contributed by atoms with Crippen molar-refractivity contribution in [2.75, 3.05) is 6.26 Å². The quantitative estimate of drug-likeness (QED) is 0.614. The minimum absolute atomic E-state index is 0.0605. The lowest BCUT2D eigenvalue weighted by molar-refractivity contribution is -0.148. The largest absolute Gasteiger partial charge is 0.479 e. The number of carbonyl (C=O) groups is 2. The molecule has 0 aliphatic rings. The summed E-state index contributed by atoms with van der Waals surface area (Å²) in [5.41, 5.74) is 1.61. The van der Waals surface area contributed by atoms with Crippen molar-refractivity contribution in [3.63, 3.8) is 0 Å². The zero-order valence-electron chi connectivity index (χ0n) is 14.3. The number of benzene rings is 2. The van der Waals surface area contributed by atoms with Crippen molar-refractivity contribution in [2.45, 2.75) is 30.1 Å². The Morgan fingerprint density at radius 1 is 1.08 bits per heavy atom. The van der Waals surface area contributed by atoms with Crippen LogP contribution in [0.2, 0.25) is 0 Å². The normalized spacial score (nSPS) is 12.8. The zero-order chi connectivity index (χ0) is 18.9. The topological polar surface area (TPSA) is 95.9 Å². The summed E-state index contributed by atoms with van der Waals surface area (Å²) in [4.78, 5) is 24.2. The third-order valence-electron chi connectivity index (χ3n) is 3.76. The van der Waals surface area contributed by atoms with Crippen LogP contribution in [0, 0.1) is 0 Å². The Balaban J connectivity index is 1.99. The maximum atomic E-state index is 12.0. The molecular weight excluding hydrogens is 354 g/mol. The number of rotatable bonds is 8. The smallest absolute Gasteiger partial charge is 0.407 e. The lowest BCUT2D eigenvalue weighted by Gasteiger charge is -2.21. The summed E-state index contributed by atoms with van der Waals surface area (Å²) in [6.07, 6.45) is -0.391. The van der Waals surface area contributed by atoms with Gasteiger partial charge in [-0.1, -0.05) is 42.5 Å². The van der Waals surface area contributed by atoms with Gasteiger partial charge in [-0.2, -0.15) is 0 Å². The van der Waals surface area contributed by atoms with Gasteiger partial charge in [-0.15, -0.1) is 11.8 Å². The molecule has 1 amide bonds. The Labute approximate surface area is 156 Å². The van der Waals surface area contributed by atoms with Crippen LogP contribution in [0.4, 0.5) is 4.79 Å². The summed E-state index contributed by atoms with van der Waals surface area (Å²) in [6, 6.07) is 15.6. The summed E-state index contributed by atoms with van der Waals surface area (Å²) in [7, 11) is 0. The molecule has 0 heterocycles. The Kier molecular flexibility index (Phi) is 7.50. The molecule has 2 aromatic carbocycles. The number of thioether (sulfide) groups is 1. The van der Waals surface area contributed by atoms with Gasteiger partial charge >= 0.3 is 12.1 Å². The number of aliphatic hydroxyl groups excluding tert-OH is 1. The van der Waals surface area contributed by atoms with Gasteiger partial charge in [0.15, 0.2) is 6.10 Å². The zero-order valence-corrected chi connectivity index (χ0v) is 15.1. The number of amides is 1. The second kappa shape index (κ2) is 9.84. The first kappa shape index (κ1) is 19.8. The first-order chi connectivity index (χ1) is 12.5. The summed E-state index contributed by atoms with van der Waals surface area (Å²) in [5, 5.41) is 21.4. The molecule has 0 fully saturated rings. The van der Waals surface area contributed by atoms with Gasteiger partial charge in [0, 0.05) is 4.90 Å². The molecule has 2 atom stereocenters. The predicted octanol–water partition coefficient (Wildman–Crippen LogP) is 2.69. The molecule has 0 aliphatic heterocycles. The van der Waals surface area contributed by atoms with E-state index in [0.29, 0.717) is 0 Å². The van der Waals surface area contributed by atoms with E-state index in [2.05, 4.69) is 5.32 Å². The number of ether oxygens (including phenoxy) is 1. The number of hydrogen-bond donors (Lipinski definition) is 3. The number of carboxylic acid groups (broad SMARTS) is 1. The number of aliphatic carboxylic acids is 1. The first-order valence-corrected chi connectivity index (χ1v) is 9.23. The molecule has 6 nitrogen and oxygen atoms in total. The van der Waals surface area contributed by atoms with E-state index in [1.165, 1.54) is 0 Å². The summed E-state index contributed by atoms with van der Waals surface area (Å²) in [6.45, 7) is 0.0605. The highest BCUT2D eigenvalue weighted by atomic mass is 32.2. The maximum absolute atomic E-state index is 12.0. The molecule has 0 bridgehead atoms. The van der Waals surface area contributed by atoms with Crippen LogP contribution in [-0.4, -0.2) is 40.7 Å². The van der Waals surface area contributed by atoms with Crippen LogP contribution in [0.15, 0.2) is 59.5 Å². The fourth-order valence-electron chi connectivity index (χ4n) is 2.35. The molecule has 2 rings (SSSR count). The van der Waals surface area contributed by atoms with E-state index in [-0.39, 0.29) is 13.0 Å². The molecular formula is C19H21NO5S. The van der Waals surface area contributed by atoms with E-state index in [9.17, 15) is 14.7 Å². The third-order valence-corrected chi connectivity index (χ3v) is 4.51. The minimum atomic E-state index is -1.74. The van der Waals surface area contributed by atoms with E-state index in [1.54, 1.807) is 11.8 Å². The van der Waals surface area contributed by atoms with E-state index in [4.69, 9.17) is 9.84 Å². The van der Waals surface area contributed by atoms with Crippen LogP contribution in [0.5, 0.6) is 0 Å². The Bertz CT molecular complexity index is 720. The highest BCUT2D eigenvalue weighted by molar-refractivity contribution is 7.98. The van der Waals surface area contributed by atoms with E-state index < -0.39 is 24.2 Å². The van der Waals surface area contributed by atoms with Crippen LogP contribution in [0.3, 0.4) is 0 Å². The molecule has 138 valence electrons. The Morgan fingerprint density at radius 2 is 1.73 bits per heavy atom. The predicted molar refractivity (Wildman–Crippen MR) is 99.1 cm³/mol. The van der Waals surface area contributed by atoms with Gasteiger partial charge in [0.2, 0.25) is 0 Å². The Morgan fingerprint density at radius 3 is 2.31 bits per heavy atom. The number of carbonyl (C=O) groups excluding carboxylic acids is 1. The van der Waals surface area contributed by atoms with E-state index in [1.807, 2.05) is 60.9 Å². The summed E-state index contributed by atoms with van der Waals surface area (Å²) in [5.74, 6) is -1.40. The standard InChI is InChI=1S/C19H21NO5S/c1-26-15-9-7-13(8-10-15)11-16(17(21)18(22)23)20-19(24)25-12-14-5-3-2-4-6-14/h2-10,16-17,21H,11-12H2,1H3,(H,20,24)(H,22,23)/t16-,17+/m0/s1. The van der Waals surface area contributed by atoms with Gasteiger partial charge in [0.1, 0.15) is 6.61 Å². The number of hydrogen-bond acceptors (Lipinski definition) is 5. The number of alkyl carbamates (subject to hydrolysis) is 1. The van der Waals surface area contributed by atoms with Crippen molar-refractivity contribution in [1.82, 2.24) is 5.32 Å². The van der Waals surface area contributed by atoms with Gasteiger partial charge in [0.05, 0.1) is 6.04 Å². The SMILES string of the molecule is CSc1ccc(C[C@H](NC(=O)OCc2ccccc2)[C@@H](O)C(=O)O)cc1. The highest BCUT2D eigenvalue weighted by Crippen LogP contribution is 2.16. The molecule has 3 N–H and O–H groups in total. The number of carboxylic acids is 1. The highest BCUT2D eigenvalue weighted by Gasteiger charge is 2.28. The van der Waals surface area contributed by atoms with Crippen LogP contribution < -0.4 is 5.32 Å². The molecule has 0 spiro atoms. The van der Waals surface area contributed by atoms with Crippen molar-refractivity contribution < 1.29 is 24.5 Å². The third kappa shape index (κ3) is 6.09. The number of aliphatic hydroxyl groups is 1. The molecule has 0 saturated carbocycles. The maximum Gasteiger partial charge on any atom is 0.407 e. The van der Waals surface area contributed by atoms with Gasteiger partial charge in [0.25, 0.3) is 0 Å². The minimum Gasteiger partial charge on any atom is -0.479 e. The van der Waals surface area contributed by atoms with Gasteiger partial charge < -0.3 is 20.3 Å². The molecule has 2 aromatic rings. The average Bonchev–Trinajstić information content (AvgIpc) is 2.66. The molecule has 0 aliphatic carbocycles. The molecule has 0 radical (unpaired) electrons. The molecule has 0 unspecified atom stereocenters. The van der Waals surface area contributed by atoms with Gasteiger partial charge in [-0.25, -0.2) is 9.59 Å². The second-order valence-electron chi connectivity index (χ2n) is 5.65. The first-order valence-electron chi connectivity index (χ1n) is 8.00. The van der Waals surface area contributed by atoms with Gasteiger partial charge in [-0.3, -0.25) is 0 Å². The van der Waals surface area contributed by atoms with Gasteiger partial charge in [-0.05, 0) is 35.9 Å². The van der Waals surface area contributed by atoms with Crippen LogP contribution >= 0.6 is 11.8 Å². The monoisotopic (exact) mass is 375 g/mol. The average molecular weight is 375 g/mol. The fourth-order valence-corrected chi connectivity index (χ4v) is 2.75. The van der Waals surface area contributed by atoms with Crippen molar-refractivity contribution in [1.29, 1.82) is 0 Å². The van der Waals surface area contributed by atoms with Crippen molar-refractivity contribution in [3.05, 3.63) is 65.7 Å². The molecule has 0 aromatic heterocycles. The van der Waals surface area contributed by atoms with Crippen molar-refractivity contribution >= 4 is 23.8 Å². The number of nitrogens with one attached hydrogen (secondary N) is 1. The van der Waals surface area contributed by atoms with Crippen LogP contribution in [-0.2, 0) is 22.6 Å². The summed E-state index contributed by atoms with van der Waals surface area (Å²) >= 11 is 1.59.